The van der Waals surface area contributed by atoms with E-state index in [1.165, 1.54) is 12.1 Å². The van der Waals surface area contributed by atoms with Gasteiger partial charge in [0.2, 0.25) is 0 Å². The lowest BCUT2D eigenvalue weighted by Crippen LogP contribution is -2.04. The van der Waals surface area contributed by atoms with Gasteiger partial charge >= 0.3 is 6.18 Å². The van der Waals surface area contributed by atoms with Gasteiger partial charge < -0.3 is 5.21 Å². The van der Waals surface area contributed by atoms with Crippen molar-refractivity contribution in [2.24, 2.45) is 5.16 Å². The van der Waals surface area contributed by atoms with Gasteiger partial charge in [0.25, 0.3) is 0 Å². The standard InChI is InChI=1S/C8H6F3NO.ClH/c9-8(10,11)7-3-1-6(2-4-7)5-12-13;/h1-5,13H;1H/b12-5+;. The summed E-state index contributed by atoms with van der Waals surface area (Å²) in [5.41, 5.74) is -0.307. The summed E-state index contributed by atoms with van der Waals surface area (Å²) in [5.74, 6) is 0. The first-order valence-electron chi connectivity index (χ1n) is 3.39. The zero-order chi connectivity index (χ0) is 9.90. The highest BCUT2D eigenvalue weighted by molar-refractivity contribution is 5.85. The van der Waals surface area contributed by atoms with Crippen LogP contribution in [-0.4, -0.2) is 11.4 Å². The lowest BCUT2D eigenvalue weighted by Gasteiger charge is -2.05. The monoisotopic (exact) mass is 225 g/mol. The van der Waals surface area contributed by atoms with Crippen LogP contribution in [0.15, 0.2) is 29.4 Å². The number of rotatable bonds is 1. The van der Waals surface area contributed by atoms with Crippen molar-refractivity contribution in [1.82, 2.24) is 0 Å². The Kier molecular flexibility index (Phi) is 4.43. The first kappa shape index (κ1) is 12.8. The van der Waals surface area contributed by atoms with Gasteiger partial charge in [-0.05, 0) is 17.7 Å². The van der Waals surface area contributed by atoms with E-state index < -0.39 is 11.7 Å². The fourth-order valence-corrected chi connectivity index (χ4v) is 0.825. The van der Waals surface area contributed by atoms with E-state index >= 15 is 0 Å². The van der Waals surface area contributed by atoms with E-state index in [1.807, 2.05) is 0 Å². The van der Waals surface area contributed by atoms with E-state index in [1.54, 1.807) is 0 Å². The van der Waals surface area contributed by atoms with Crippen LogP contribution < -0.4 is 0 Å². The minimum Gasteiger partial charge on any atom is -0.411 e. The van der Waals surface area contributed by atoms with Crippen molar-refractivity contribution in [2.75, 3.05) is 0 Å². The molecule has 0 bridgehead atoms. The van der Waals surface area contributed by atoms with Crippen molar-refractivity contribution in [1.29, 1.82) is 0 Å². The SMILES string of the molecule is Cl.O/N=C/c1ccc(C(F)(F)F)cc1. The number of halogens is 4. The quantitative estimate of drug-likeness (QED) is 0.445. The number of benzene rings is 1. The van der Waals surface area contributed by atoms with Gasteiger partial charge in [-0.15, -0.1) is 12.4 Å². The van der Waals surface area contributed by atoms with E-state index in [4.69, 9.17) is 5.21 Å². The van der Waals surface area contributed by atoms with Crippen molar-refractivity contribution in [3.63, 3.8) is 0 Å². The summed E-state index contributed by atoms with van der Waals surface area (Å²) in [4.78, 5) is 0. The van der Waals surface area contributed by atoms with Crippen LogP contribution in [0.4, 0.5) is 13.2 Å². The van der Waals surface area contributed by atoms with Gasteiger partial charge in [0, 0.05) is 0 Å². The summed E-state index contributed by atoms with van der Waals surface area (Å²) < 4.78 is 36.1. The van der Waals surface area contributed by atoms with Gasteiger partial charge in [0.1, 0.15) is 0 Å². The predicted molar refractivity (Wildman–Crippen MR) is 48.1 cm³/mol. The Hall–Kier alpha value is -1.23. The molecule has 0 radical (unpaired) electrons. The third-order valence-corrected chi connectivity index (χ3v) is 1.44. The molecular formula is C8H7ClF3NO. The van der Waals surface area contributed by atoms with Crippen LogP contribution in [0.2, 0.25) is 0 Å². The zero-order valence-corrected chi connectivity index (χ0v) is 7.64. The maximum Gasteiger partial charge on any atom is 0.416 e. The molecule has 78 valence electrons. The molecule has 0 aliphatic heterocycles. The molecule has 6 heteroatoms. The molecular weight excluding hydrogens is 219 g/mol. The number of oxime groups is 1. The fourth-order valence-electron chi connectivity index (χ4n) is 0.825. The average molecular weight is 226 g/mol. The van der Waals surface area contributed by atoms with Crippen LogP contribution in [0.5, 0.6) is 0 Å². The van der Waals surface area contributed by atoms with E-state index in [0.717, 1.165) is 18.3 Å². The van der Waals surface area contributed by atoms with Crippen LogP contribution in [0.3, 0.4) is 0 Å². The molecule has 0 spiro atoms. The number of hydrogen-bond acceptors (Lipinski definition) is 2. The molecule has 2 nitrogen and oxygen atoms in total. The van der Waals surface area contributed by atoms with Crippen molar-refractivity contribution < 1.29 is 18.4 Å². The summed E-state index contributed by atoms with van der Waals surface area (Å²) in [6, 6.07) is 4.30. The van der Waals surface area contributed by atoms with E-state index in [9.17, 15) is 13.2 Å². The van der Waals surface area contributed by atoms with Crippen LogP contribution in [0.1, 0.15) is 11.1 Å². The summed E-state index contributed by atoms with van der Waals surface area (Å²) >= 11 is 0. The van der Waals surface area contributed by atoms with Crippen molar-refractivity contribution in [3.8, 4) is 0 Å². The van der Waals surface area contributed by atoms with Gasteiger partial charge in [-0.25, -0.2) is 0 Å². The molecule has 1 aromatic rings. The summed E-state index contributed by atoms with van der Waals surface area (Å²) in [6.07, 6.45) is -3.27. The molecule has 0 aliphatic rings. The summed E-state index contributed by atoms with van der Waals surface area (Å²) in [6.45, 7) is 0. The molecule has 0 aromatic heterocycles. The Labute approximate surface area is 84.5 Å². The molecule has 1 rings (SSSR count). The highest BCUT2D eigenvalue weighted by Crippen LogP contribution is 2.28. The number of nitrogens with zero attached hydrogens (tertiary/aromatic N) is 1. The minimum atomic E-state index is -4.32. The van der Waals surface area contributed by atoms with Crippen LogP contribution in [0.25, 0.3) is 0 Å². The smallest absolute Gasteiger partial charge is 0.411 e. The van der Waals surface area contributed by atoms with E-state index in [2.05, 4.69) is 5.16 Å². The van der Waals surface area contributed by atoms with Crippen molar-refractivity contribution in [2.45, 2.75) is 6.18 Å². The van der Waals surface area contributed by atoms with Crippen molar-refractivity contribution >= 4 is 18.6 Å². The molecule has 0 fully saturated rings. The molecule has 0 heterocycles. The third kappa shape index (κ3) is 3.26. The van der Waals surface area contributed by atoms with Gasteiger partial charge in [0.15, 0.2) is 0 Å². The molecule has 0 atom stereocenters. The average Bonchev–Trinajstić information content (AvgIpc) is 2.04. The topological polar surface area (TPSA) is 32.6 Å². The molecule has 14 heavy (non-hydrogen) atoms. The highest BCUT2D eigenvalue weighted by Gasteiger charge is 2.29. The number of alkyl halides is 3. The first-order valence-corrected chi connectivity index (χ1v) is 3.39. The van der Waals surface area contributed by atoms with Crippen LogP contribution in [0, 0.1) is 0 Å². The van der Waals surface area contributed by atoms with Gasteiger partial charge in [-0.3, -0.25) is 0 Å². The maximum absolute atomic E-state index is 12.0. The third-order valence-electron chi connectivity index (χ3n) is 1.44. The Balaban J connectivity index is 0.00000169. The fraction of sp³-hybridized carbons (Fsp3) is 0.125. The first-order chi connectivity index (χ1) is 6.04. The second-order valence-corrected chi connectivity index (χ2v) is 2.36. The molecule has 0 saturated carbocycles. The van der Waals surface area contributed by atoms with Gasteiger partial charge in [-0.1, -0.05) is 17.3 Å². The molecule has 0 amide bonds. The zero-order valence-electron chi connectivity index (χ0n) is 6.82. The second-order valence-electron chi connectivity index (χ2n) is 2.36. The van der Waals surface area contributed by atoms with Gasteiger partial charge in [-0.2, -0.15) is 13.2 Å². The maximum atomic E-state index is 12.0. The predicted octanol–water partition coefficient (Wildman–Crippen LogP) is 2.94. The Morgan fingerprint density at radius 1 is 1.14 bits per heavy atom. The molecule has 1 N–H and O–H groups in total. The van der Waals surface area contributed by atoms with Crippen LogP contribution in [-0.2, 0) is 6.18 Å². The Morgan fingerprint density at radius 3 is 2.00 bits per heavy atom. The normalized spacial score (nSPS) is 11.4. The van der Waals surface area contributed by atoms with Gasteiger partial charge in [0.05, 0.1) is 11.8 Å². The van der Waals surface area contributed by atoms with E-state index in [0.29, 0.717) is 5.56 Å². The molecule has 0 saturated heterocycles. The van der Waals surface area contributed by atoms with Crippen molar-refractivity contribution in [3.05, 3.63) is 35.4 Å². The minimum absolute atomic E-state index is 0. The number of hydrogen-bond donors (Lipinski definition) is 1. The second kappa shape index (κ2) is 4.85. The largest absolute Gasteiger partial charge is 0.416 e. The summed E-state index contributed by atoms with van der Waals surface area (Å²) in [7, 11) is 0. The van der Waals surface area contributed by atoms with Crippen LogP contribution >= 0.6 is 12.4 Å². The highest BCUT2D eigenvalue weighted by atomic mass is 35.5. The lowest BCUT2D eigenvalue weighted by atomic mass is 10.1. The Bertz CT molecular complexity index is 307. The molecule has 0 unspecified atom stereocenters. The Morgan fingerprint density at radius 2 is 1.64 bits per heavy atom. The molecule has 0 aliphatic carbocycles. The van der Waals surface area contributed by atoms with E-state index in [-0.39, 0.29) is 12.4 Å². The summed E-state index contributed by atoms with van der Waals surface area (Å²) in [5, 5.41) is 10.8. The lowest BCUT2D eigenvalue weighted by molar-refractivity contribution is -0.137. The molecule has 1 aromatic carbocycles.